The van der Waals surface area contributed by atoms with Crippen molar-refractivity contribution in [2.45, 2.75) is 32.5 Å². The number of benzene rings is 1. The Morgan fingerprint density at radius 3 is 2.62 bits per heavy atom. The predicted molar refractivity (Wildman–Crippen MR) is 74.7 cm³/mol. The topological polar surface area (TPSA) is 55.1 Å². The van der Waals surface area contributed by atoms with E-state index in [0.29, 0.717) is 5.56 Å². The van der Waals surface area contributed by atoms with Crippen LogP contribution >= 0.6 is 0 Å². The summed E-state index contributed by atoms with van der Waals surface area (Å²) in [5.74, 6) is 4.91. The number of hydrogen-bond acceptors (Lipinski definition) is 2. The Kier molecular flexibility index (Phi) is 5.79. The summed E-state index contributed by atoms with van der Waals surface area (Å²) in [6, 6.07) is 3.92. The van der Waals surface area contributed by atoms with Gasteiger partial charge in [0, 0.05) is 17.2 Å². The highest BCUT2D eigenvalue weighted by atomic mass is 19.4. The number of rotatable bonds is 3. The molecule has 0 saturated carbocycles. The maximum atomic E-state index is 12.2. The van der Waals surface area contributed by atoms with E-state index < -0.39 is 24.5 Å². The molecule has 1 aromatic carbocycles. The molecule has 0 bridgehead atoms. The van der Waals surface area contributed by atoms with Gasteiger partial charge in [-0.3, -0.25) is 4.79 Å². The first kappa shape index (κ1) is 17.1. The standard InChI is InChI=1S/C15H17F3N2O/c1-10-6-12(4-3-5-19)8-13(7-10)14(21)20-11(2)9-15(16,17)18/h6-8,11H,5,9,19H2,1-2H3,(H,20,21). The molecule has 0 radical (unpaired) electrons. The van der Waals surface area contributed by atoms with Crippen molar-refractivity contribution in [3.63, 3.8) is 0 Å². The Hall–Kier alpha value is -2.00. The maximum absolute atomic E-state index is 12.2. The van der Waals surface area contributed by atoms with Crippen LogP contribution in [0.4, 0.5) is 13.2 Å². The van der Waals surface area contributed by atoms with Crippen molar-refractivity contribution in [1.82, 2.24) is 5.32 Å². The SMILES string of the molecule is Cc1cc(C#CCN)cc(C(=O)NC(C)CC(F)(F)F)c1. The van der Waals surface area contributed by atoms with E-state index in [0.717, 1.165) is 5.56 Å². The number of nitrogens with two attached hydrogens (primary N) is 1. The summed E-state index contributed by atoms with van der Waals surface area (Å²) in [4.78, 5) is 12.0. The fraction of sp³-hybridized carbons (Fsp3) is 0.400. The molecule has 0 fully saturated rings. The maximum Gasteiger partial charge on any atom is 0.391 e. The molecule has 0 heterocycles. The minimum atomic E-state index is -4.31. The lowest BCUT2D eigenvalue weighted by Crippen LogP contribution is -2.36. The van der Waals surface area contributed by atoms with E-state index in [1.165, 1.54) is 13.0 Å². The second kappa shape index (κ2) is 7.14. The van der Waals surface area contributed by atoms with Crippen LogP contribution < -0.4 is 11.1 Å². The van der Waals surface area contributed by atoms with Crippen LogP contribution in [0.25, 0.3) is 0 Å². The summed E-state index contributed by atoms with van der Waals surface area (Å²) in [5, 5.41) is 2.33. The van der Waals surface area contributed by atoms with E-state index in [-0.39, 0.29) is 12.1 Å². The Labute approximate surface area is 121 Å². The fourth-order valence-electron chi connectivity index (χ4n) is 1.84. The van der Waals surface area contributed by atoms with Gasteiger partial charge in [-0.15, -0.1) is 0 Å². The van der Waals surface area contributed by atoms with Gasteiger partial charge in [0.25, 0.3) is 5.91 Å². The van der Waals surface area contributed by atoms with E-state index in [9.17, 15) is 18.0 Å². The lowest BCUT2D eigenvalue weighted by molar-refractivity contribution is -0.138. The van der Waals surface area contributed by atoms with Gasteiger partial charge >= 0.3 is 6.18 Å². The number of aryl methyl sites for hydroxylation is 1. The summed E-state index contributed by atoms with van der Waals surface area (Å²) < 4.78 is 36.7. The molecule has 0 saturated heterocycles. The van der Waals surface area contributed by atoms with Gasteiger partial charge in [-0.25, -0.2) is 0 Å². The third-order valence-electron chi connectivity index (χ3n) is 2.59. The zero-order chi connectivity index (χ0) is 16.0. The van der Waals surface area contributed by atoms with Gasteiger partial charge in [0.15, 0.2) is 0 Å². The Morgan fingerprint density at radius 1 is 1.38 bits per heavy atom. The highest BCUT2D eigenvalue weighted by molar-refractivity contribution is 5.95. The number of carbonyl (C=O) groups is 1. The van der Waals surface area contributed by atoms with Crippen molar-refractivity contribution in [1.29, 1.82) is 0 Å². The van der Waals surface area contributed by atoms with Crippen molar-refractivity contribution in [3.8, 4) is 11.8 Å². The summed E-state index contributed by atoms with van der Waals surface area (Å²) in [6.45, 7) is 3.29. The van der Waals surface area contributed by atoms with Crippen LogP contribution in [-0.2, 0) is 0 Å². The molecule has 0 aromatic heterocycles. The van der Waals surface area contributed by atoms with Crippen molar-refractivity contribution in [3.05, 3.63) is 34.9 Å². The van der Waals surface area contributed by atoms with Crippen LogP contribution in [0.2, 0.25) is 0 Å². The average molecular weight is 298 g/mol. The number of carbonyl (C=O) groups excluding carboxylic acids is 1. The molecule has 3 N–H and O–H groups in total. The first-order valence-electron chi connectivity index (χ1n) is 6.39. The molecule has 1 atom stereocenters. The lowest BCUT2D eigenvalue weighted by atomic mass is 10.1. The highest BCUT2D eigenvalue weighted by Gasteiger charge is 2.30. The molecule has 1 amide bonds. The molecule has 1 aromatic rings. The van der Waals surface area contributed by atoms with Crippen LogP contribution in [0.1, 0.15) is 34.8 Å². The third kappa shape index (κ3) is 6.32. The Bertz CT molecular complexity index is 571. The Balaban J connectivity index is 2.85. The van der Waals surface area contributed by atoms with E-state index in [2.05, 4.69) is 17.2 Å². The molecule has 0 aliphatic rings. The van der Waals surface area contributed by atoms with E-state index >= 15 is 0 Å². The van der Waals surface area contributed by atoms with Gasteiger partial charge in [-0.05, 0) is 37.6 Å². The van der Waals surface area contributed by atoms with Crippen LogP contribution in [-0.4, -0.2) is 24.7 Å². The Morgan fingerprint density at radius 2 is 2.05 bits per heavy atom. The molecule has 1 unspecified atom stereocenters. The second-order valence-corrected chi connectivity index (χ2v) is 4.79. The van der Waals surface area contributed by atoms with E-state index in [1.54, 1.807) is 19.1 Å². The minimum absolute atomic E-state index is 0.193. The van der Waals surface area contributed by atoms with Gasteiger partial charge in [-0.2, -0.15) is 13.2 Å². The summed E-state index contributed by atoms with van der Waals surface area (Å²) >= 11 is 0. The third-order valence-corrected chi connectivity index (χ3v) is 2.59. The van der Waals surface area contributed by atoms with Gasteiger partial charge in [0.2, 0.25) is 0 Å². The second-order valence-electron chi connectivity index (χ2n) is 4.79. The number of hydrogen-bond donors (Lipinski definition) is 2. The van der Waals surface area contributed by atoms with Crippen molar-refractivity contribution >= 4 is 5.91 Å². The monoisotopic (exact) mass is 298 g/mol. The molecule has 114 valence electrons. The molecule has 3 nitrogen and oxygen atoms in total. The molecular weight excluding hydrogens is 281 g/mol. The minimum Gasteiger partial charge on any atom is -0.349 e. The van der Waals surface area contributed by atoms with Gasteiger partial charge in [0.1, 0.15) is 0 Å². The van der Waals surface area contributed by atoms with Crippen LogP contribution in [0.3, 0.4) is 0 Å². The van der Waals surface area contributed by atoms with E-state index in [1.807, 2.05) is 0 Å². The van der Waals surface area contributed by atoms with Gasteiger partial charge < -0.3 is 11.1 Å². The number of nitrogens with one attached hydrogen (secondary N) is 1. The van der Waals surface area contributed by atoms with Crippen molar-refractivity contribution in [2.75, 3.05) is 6.54 Å². The molecule has 0 aliphatic heterocycles. The van der Waals surface area contributed by atoms with Crippen molar-refractivity contribution < 1.29 is 18.0 Å². The molecule has 0 spiro atoms. The van der Waals surface area contributed by atoms with Crippen LogP contribution in [0.15, 0.2) is 18.2 Å². The quantitative estimate of drug-likeness (QED) is 0.842. The van der Waals surface area contributed by atoms with Crippen molar-refractivity contribution in [2.24, 2.45) is 5.73 Å². The van der Waals surface area contributed by atoms with Crippen LogP contribution in [0, 0.1) is 18.8 Å². The summed E-state index contributed by atoms with van der Waals surface area (Å²) in [5.41, 5.74) is 6.96. The largest absolute Gasteiger partial charge is 0.391 e. The zero-order valence-corrected chi connectivity index (χ0v) is 11.8. The number of halogens is 3. The lowest BCUT2D eigenvalue weighted by Gasteiger charge is -2.16. The smallest absolute Gasteiger partial charge is 0.349 e. The molecule has 6 heteroatoms. The first-order valence-corrected chi connectivity index (χ1v) is 6.39. The molecule has 0 aliphatic carbocycles. The normalized spacial score (nSPS) is 12.3. The first-order chi connectivity index (χ1) is 9.71. The average Bonchev–Trinajstić information content (AvgIpc) is 2.33. The summed E-state index contributed by atoms with van der Waals surface area (Å²) in [6.07, 6.45) is -5.37. The van der Waals surface area contributed by atoms with Crippen LogP contribution in [0.5, 0.6) is 0 Å². The highest BCUT2D eigenvalue weighted by Crippen LogP contribution is 2.21. The van der Waals surface area contributed by atoms with Gasteiger partial charge in [-0.1, -0.05) is 11.8 Å². The van der Waals surface area contributed by atoms with E-state index in [4.69, 9.17) is 5.73 Å². The number of amides is 1. The predicted octanol–water partition coefficient (Wildman–Crippen LogP) is 2.38. The van der Waals surface area contributed by atoms with Gasteiger partial charge in [0.05, 0.1) is 13.0 Å². The molecule has 21 heavy (non-hydrogen) atoms. The summed E-state index contributed by atoms with van der Waals surface area (Å²) in [7, 11) is 0. The fourth-order valence-corrected chi connectivity index (χ4v) is 1.84. The molecular formula is C15H17F3N2O. The zero-order valence-electron chi connectivity index (χ0n) is 11.8. The number of alkyl halides is 3. The molecule has 1 rings (SSSR count).